The van der Waals surface area contributed by atoms with Crippen LogP contribution in [0.2, 0.25) is 0 Å². The molecule has 1 unspecified atom stereocenters. The van der Waals surface area contributed by atoms with Gasteiger partial charge in [-0.1, -0.05) is 318 Å². The second-order valence-corrected chi connectivity index (χ2v) is 30.0. The number of para-hydroxylation sites is 1. The monoisotopic (exact) mass is 1350 g/mol. The standard InChI is InChI=1S/C103H72N2O/c1-101(2)95-62-66(38-57-84(95)85-58-55-78(63-96(85)101)105(77-51-43-72(44-52-77)69-26-11-6-12-27-69)79-56-59-86-83-30-15-20-37-93(83)103(97(86)64-79)91-35-18-13-28-81(91)82-29-14-19-36-92(82)103)65-102(3)90-34-17-16-31-89(90)98-94(102)61-60-88-87-33-21-32-80(99(87)106-100(88)98)73-45-53-76(54-46-73)104(74-47-39-70(40-48-74)67-22-7-4-8-23-67)75-49-41-71(42-50-75)68-24-9-5-10-25-68/h4-64H,65H2,1-3H3. The van der Waals surface area contributed by atoms with Crippen molar-refractivity contribution in [2.75, 3.05) is 9.80 Å². The second kappa shape index (κ2) is 23.7. The minimum absolute atomic E-state index is 0.311. The van der Waals surface area contributed by atoms with E-state index in [1.54, 1.807) is 0 Å². The number of benzene rings is 16. The van der Waals surface area contributed by atoms with Gasteiger partial charge < -0.3 is 14.2 Å². The maximum atomic E-state index is 7.39. The average molecular weight is 1350 g/mol. The van der Waals surface area contributed by atoms with Crippen LogP contribution in [0.15, 0.2) is 374 Å². The first-order chi connectivity index (χ1) is 52.2. The maximum Gasteiger partial charge on any atom is 0.143 e. The molecule has 17 aromatic rings. The van der Waals surface area contributed by atoms with Gasteiger partial charge in [0.25, 0.3) is 0 Å². The molecule has 3 heteroatoms. The fourth-order valence-electron chi connectivity index (χ4n) is 19.0. The van der Waals surface area contributed by atoms with Crippen LogP contribution in [0, 0.1) is 0 Å². The van der Waals surface area contributed by atoms with Crippen molar-refractivity contribution in [1.29, 1.82) is 0 Å². The maximum absolute atomic E-state index is 7.39. The molecule has 106 heavy (non-hydrogen) atoms. The Morgan fingerprint density at radius 2 is 0.594 bits per heavy atom. The Kier molecular flexibility index (Phi) is 13.8. The summed E-state index contributed by atoms with van der Waals surface area (Å²) in [6, 6.07) is 138. The van der Waals surface area contributed by atoms with Crippen molar-refractivity contribution in [2.45, 2.75) is 43.4 Å². The van der Waals surface area contributed by atoms with Crippen LogP contribution in [0.25, 0.3) is 111 Å². The van der Waals surface area contributed by atoms with Crippen LogP contribution >= 0.6 is 0 Å². The summed E-state index contributed by atoms with van der Waals surface area (Å²) in [7, 11) is 0. The molecule has 0 bridgehead atoms. The molecule has 0 saturated heterocycles. The number of hydrogen-bond acceptors (Lipinski definition) is 3. The summed E-state index contributed by atoms with van der Waals surface area (Å²) in [6.45, 7) is 7.33. The topological polar surface area (TPSA) is 19.6 Å². The molecule has 0 radical (unpaired) electrons. The summed E-state index contributed by atoms with van der Waals surface area (Å²) in [6.07, 6.45) is 0.821. The van der Waals surface area contributed by atoms with Gasteiger partial charge >= 0.3 is 0 Å². The molecule has 0 saturated carbocycles. The fourth-order valence-corrected chi connectivity index (χ4v) is 19.0. The lowest BCUT2D eigenvalue weighted by atomic mass is 9.70. The quantitative estimate of drug-likeness (QED) is 0.122. The van der Waals surface area contributed by atoms with E-state index in [1.165, 1.54) is 128 Å². The van der Waals surface area contributed by atoms with E-state index in [0.717, 1.165) is 73.6 Å². The van der Waals surface area contributed by atoms with Crippen LogP contribution in [-0.2, 0) is 22.7 Å². The zero-order chi connectivity index (χ0) is 70.4. The third-order valence-corrected chi connectivity index (χ3v) is 24.0. The van der Waals surface area contributed by atoms with E-state index in [4.69, 9.17) is 4.42 Å². The molecule has 0 amide bonds. The van der Waals surface area contributed by atoms with Crippen LogP contribution in [0.3, 0.4) is 0 Å². The van der Waals surface area contributed by atoms with Crippen molar-refractivity contribution in [3.8, 4) is 89.0 Å². The Bertz CT molecular complexity index is 6220. The highest BCUT2D eigenvalue weighted by Crippen LogP contribution is 2.64. The summed E-state index contributed by atoms with van der Waals surface area (Å²) >= 11 is 0. The molecule has 21 rings (SSSR count). The van der Waals surface area contributed by atoms with E-state index in [9.17, 15) is 0 Å². The molecule has 1 spiro atoms. The lowest BCUT2D eigenvalue weighted by molar-refractivity contribution is 0.580. The first-order valence-corrected chi connectivity index (χ1v) is 37.2. The van der Waals surface area contributed by atoms with Gasteiger partial charge in [-0.2, -0.15) is 0 Å². The summed E-state index contributed by atoms with van der Waals surface area (Å²) < 4.78 is 7.39. The highest BCUT2D eigenvalue weighted by atomic mass is 16.3. The van der Waals surface area contributed by atoms with Crippen molar-refractivity contribution in [1.82, 2.24) is 0 Å². The van der Waals surface area contributed by atoms with E-state index >= 15 is 0 Å². The van der Waals surface area contributed by atoms with Gasteiger partial charge in [-0.15, -0.1) is 0 Å². The minimum atomic E-state index is -0.474. The average Bonchev–Trinajstić information content (AvgIpc) is 1.51. The van der Waals surface area contributed by atoms with Crippen LogP contribution in [0.4, 0.5) is 34.1 Å². The number of hydrogen-bond donors (Lipinski definition) is 0. The molecular weight excluding hydrogens is 1280 g/mol. The summed E-state index contributed by atoms with van der Waals surface area (Å²) in [5.41, 5.74) is 38.8. The Hall–Kier alpha value is -13.1. The van der Waals surface area contributed by atoms with E-state index in [2.05, 4.69) is 401 Å². The van der Waals surface area contributed by atoms with E-state index in [0.29, 0.717) is 0 Å². The smallest absolute Gasteiger partial charge is 0.143 e. The Labute approximate surface area is 618 Å². The number of furan rings is 1. The predicted octanol–water partition coefficient (Wildman–Crippen LogP) is 27.4. The molecule has 1 aromatic heterocycles. The van der Waals surface area contributed by atoms with E-state index in [-0.39, 0.29) is 10.8 Å². The summed E-state index contributed by atoms with van der Waals surface area (Å²) in [4.78, 5) is 4.86. The van der Waals surface area contributed by atoms with Crippen LogP contribution in [0.1, 0.15) is 70.8 Å². The zero-order valence-electron chi connectivity index (χ0n) is 59.2. The molecule has 500 valence electrons. The lowest BCUT2D eigenvalue weighted by Gasteiger charge is -2.32. The molecule has 1 heterocycles. The Balaban J connectivity index is 0.622. The summed E-state index contributed by atoms with van der Waals surface area (Å²) in [5.74, 6) is 0. The largest absolute Gasteiger partial charge is 0.455 e. The molecule has 4 aliphatic rings. The summed E-state index contributed by atoms with van der Waals surface area (Å²) in [5, 5.41) is 2.25. The molecule has 0 aliphatic heterocycles. The Morgan fingerprint density at radius 1 is 0.236 bits per heavy atom. The third-order valence-electron chi connectivity index (χ3n) is 24.0. The van der Waals surface area contributed by atoms with Crippen molar-refractivity contribution in [2.24, 2.45) is 0 Å². The zero-order valence-corrected chi connectivity index (χ0v) is 59.2. The first-order valence-electron chi connectivity index (χ1n) is 37.2. The minimum Gasteiger partial charge on any atom is -0.455 e. The van der Waals surface area contributed by atoms with E-state index < -0.39 is 5.41 Å². The number of nitrogens with zero attached hydrogens (tertiary/aromatic N) is 2. The molecular formula is C103H72N2O. The van der Waals surface area contributed by atoms with Gasteiger partial charge in [0.2, 0.25) is 0 Å². The molecule has 16 aromatic carbocycles. The van der Waals surface area contributed by atoms with Gasteiger partial charge in [0.05, 0.1) is 5.41 Å². The van der Waals surface area contributed by atoms with Gasteiger partial charge in [0, 0.05) is 66.9 Å². The van der Waals surface area contributed by atoms with Gasteiger partial charge in [0.1, 0.15) is 11.2 Å². The predicted molar refractivity (Wildman–Crippen MR) is 441 cm³/mol. The molecule has 0 fully saturated rings. The van der Waals surface area contributed by atoms with Crippen molar-refractivity contribution < 1.29 is 4.42 Å². The Morgan fingerprint density at radius 3 is 1.09 bits per heavy atom. The van der Waals surface area contributed by atoms with Gasteiger partial charge in [-0.25, -0.2) is 0 Å². The highest BCUT2D eigenvalue weighted by Gasteiger charge is 2.52. The van der Waals surface area contributed by atoms with Crippen LogP contribution < -0.4 is 9.80 Å². The second-order valence-electron chi connectivity index (χ2n) is 30.0. The fraction of sp³-hybridized carbons (Fsp3) is 0.0680. The molecule has 1 atom stereocenters. The normalized spacial score (nSPS) is 14.8. The molecule has 4 aliphatic carbocycles. The molecule has 0 N–H and O–H groups in total. The van der Waals surface area contributed by atoms with Gasteiger partial charge in [-0.05, 0) is 207 Å². The highest BCUT2D eigenvalue weighted by molar-refractivity contribution is 6.15. The SMILES string of the molecule is CC1(C)c2cc(CC3(C)c4ccccc4-c4c3ccc3c4oc4c(-c5ccc(N(c6ccc(-c7ccccc7)cc6)c6ccc(-c7ccccc7)cc6)cc5)cccc43)ccc2-c2ccc(N(c3ccc(-c4ccccc4)cc3)c3ccc4c(c3)C3(c5ccccc5-c5ccccc53)c3ccccc3-4)cc21. The van der Waals surface area contributed by atoms with Crippen LogP contribution in [0.5, 0.6) is 0 Å². The lowest BCUT2D eigenvalue weighted by Crippen LogP contribution is -2.26. The van der Waals surface area contributed by atoms with Crippen LogP contribution in [-0.4, -0.2) is 0 Å². The first kappa shape index (κ1) is 61.6. The number of rotatable bonds is 12. The molecule has 3 nitrogen and oxygen atoms in total. The van der Waals surface area contributed by atoms with Gasteiger partial charge in [0.15, 0.2) is 0 Å². The van der Waals surface area contributed by atoms with Gasteiger partial charge in [-0.3, -0.25) is 0 Å². The number of fused-ring (bicyclic) bond motifs is 20. The van der Waals surface area contributed by atoms with E-state index in [1.807, 2.05) is 0 Å². The van der Waals surface area contributed by atoms with Crippen molar-refractivity contribution in [3.63, 3.8) is 0 Å². The number of anilines is 6. The van der Waals surface area contributed by atoms with Crippen molar-refractivity contribution >= 4 is 56.1 Å². The van der Waals surface area contributed by atoms with Crippen molar-refractivity contribution in [3.05, 3.63) is 420 Å². The third kappa shape index (κ3) is 9.25.